The van der Waals surface area contributed by atoms with Crippen LogP contribution in [0.2, 0.25) is 0 Å². The molecule has 0 saturated carbocycles. The number of rotatable bonds is 4. The molecule has 1 heterocycles. The Balaban J connectivity index is 1.92. The summed E-state index contributed by atoms with van der Waals surface area (Å²) in [6, 6.07) is 17.4. The molecule has 0 saturated heterocycles. The van der Waals surface area contributed by atoms with Crippen molar-refractivity contribution in [3.63, 3.8) is 0 Å². The van der Waals surface area contributed by atoms with Crippen LogP contribution >= 0.6 is 0 Å². The van der Waals surface area contributed by atoms with Gasteiger partial charge in [-0.3, -0.25) is 0 Å². The molecule has 0 aliphatic carbocycles. The van der Waals surface area contributed by atoms with Gasteiger partial charge in [0.05, 0.1) is 29.6 Å². The van der Waals surface area contributed by atoms with Gasteiger partial charge in [0, 0.05) is 18.4 Å². The Morgan fingerprint density at radius 3 is 2.36 bits per heavy atom. The molecule has 0 spiro atoms. The summed E-state index contributed by atoms with van der Waals surface area (Å²) in [7, 11) is 0. The molecule has 25 heavy (non-hydrogen) atoms. The molecule has 3 aromatic rings. The van der Waals surface area contributed by atoms with E-state index >= 15 is 0 Å². The van der Waals surface area contributed by atoms with Crippen molar-refractivity contribution in [2.75, 3.05) is 0 Å². The summed E-state index contributed by atoms with van der Waals surface area (Å²) in [6.07, 6.45) is 7.65. The van der Waals surface area contributed by atoms with Gasteiger partial charge in [0.25, 0.3) is 0 Å². The third kappa shape index (κ3) is 3.83. The summed E-state index contributed by atoms with van der Waals surface area (Å²) in [4.78, 5) is 4.15. The van der Waals surface area contributed by atoms with Crippen molar-refractivity contribution in [1.29, 1.82) is 10.5 Å². The van der Waals surface area contributed by atoms with Gasteiger partial charge in [-0.25, -0.2) is 4.98 Å². The molecule has 0 amide bonds. The van der Waals surface area contributed by atoms with Gasteiger partial charge < -0.3 is 4.57 Å². The van der Waals surface area contributed by atoms with E-state index < -0.39 is 0 Å². The van der Waals surface area contributed by atoms with Gasteiger partial charge in [-0.15, -0.1) is 0 Å². The second-order valence-corrected chi connectivity index (χ2v) is 5.76. The molecule has 1 aromatic heterocycles. The van der Waals surface area contributed by atoms with Crippen LogP contribution in [0.15, 0.2) is 55.0 Å². The Morgan fingerprint density at radius 2 is 1.72 bits per heavy atom. The summed E-state index contributed by atoms with van der Waals surface area (Å²) >= 11 is 0. The number of imidazole rings is 1. The summed E-state index contributed by atoms with van der Waals surface area (Å²) < 4.78 is 2.05. The van der Waals surface area contributed by atoms with Gasteiger partial charge in [-0.2, -0.15) is 10.5 Å². The predicted molar refractivity (Wildman–Crippen MR) is 97.3 cm³/mol. The van der Waals surface area contributed by atoms with Crippen LogP contribution in [-0.4, -0.2) is 9.55 Å². The average Bonchev–Trinajstić information content (AvgIpc) is 3.05. The van der Waals surface area contributed by atoms with Crippen molar-refractivity contribution in [3.8, 4) is 12.1 Å². The summed E-state index contributed by atoms with van der Waals surface area (Å²) in [5.74, 6) is 0. The first-order valence-corrected chi connectivity index (χ1v) is 7.87. The Bertz CT molecular complexity index is 996. The number of hydrogen-bond donors (Lipinski definition) is 0. The zero-order valence-electron chi connectivity index (χ0n) is 13.8. The lowest BCUT2D eigenvalue weighted by Gasteiger charge is -2.09. The van der Waals surface area contributed by atoms with Crippen molar-refractivity contribution < 1.29 is 0 Å². The molecule has 0 radical (unpaired) electrons. The van der Waals surface area contributed by atoms with E-state index in [1.165, 1.54) is 0 Å². The van der Waals surface area contributed by atoms with E-state index in [1.54, 1.807) is 18.5 Å². The first-order valence-electron chi connectivity index (χ1n) is 7.87. The molecule has 0 aliphatic rings. The van der Waals surface area contributed by atoms with Crippen LogP contribution in [0.25, 0.3) is 12.2 Å². The number of aryl methyl sites for hydroxylation is 1. The van der Waals surface area contributed by atoms with E-state index in [-0.39, 0.29) is 0 Å². The molecule has 120 valence electrons. The third-order valence-electron chi connectivity index (χ3n) is 4.03. The highest BCUT2D eigenvalue weighted by molar-refractivity contribution is 5.71. The lowest BCUT2D eigenvalue weighted by Crippen LogP contribution is -2.02. The minimum absolute atomic E-state index is 0.642. The highest BCUT2D eigenvalue weighted by Crippen LogP contribution is 2.18. The molecule has 3 rings (SSSR count). The normalized spacial score (nSPS) is 10.5. The Hall–Kier alpha value is -3.63. The zero-order valence-corrected chi connectivity index (χ0v) is 13.8. The van der Waals surface area contributed by atoms with Gasteiger partial charge in [-0.05, 0) is 47.9 Å². The second-order valence-electron chi connectivity index (χ2n) is 5.76. The van der Waals surface area contributed by atoms with Crippen molar-refractivity contribution in [2.24, 2.45) is 0 Å². The minimum atomic E-state index is 0.642. The largest absolute Gasteiger partial charge is 0.330 e. The second kappa shape index (κ2) is 7.29. The average molecular weight is 324 g/mol. The van der Waals surface area contributed by atoms with Crippen LogP contribution in [0.1, 0.15) is 33.5 Å². The topological polar surface area (TPSA) is 65.4 Å². The minimum Gasteiger partial charge on any atom is -0.330 e. The molecule has 2 aromatic carbocycles. The van der Waals surface area contributed by atoms with E-state index in [1.807, 2.05) is 55.6 Å². The van der Waals surface area contributed by atoms with Gasteiger partial charge >= 0.3 is 0 Å². The number of aromatic nitrogens is 2. The van der Waals surface area contributed by atoms with E-state index in [9.17, 15) is 5.26 Å². The number of benzene rings is 2. The molecular weight excluding hydrogens is 308 g/mol. The Labute approximate surface area is 146 Å². The lowest BCUT2D eigenvalue weighted by molar-refractivity contribution is 0.769. The van der Waals surface area contributed by atoms with Crippen LogP contribution < -0.4 is 0 Å². The van der Waals surface area contributed by atoms with E-state index in [0.29, 0.717) is 17.7 Å². The fourth-order valence-corrected chi connectivity index (χ4v) is 2.57. The number of hydrogen-bond acceptors (Lipinski definition) is 3. The standard InChI is InChI=1S/C21H16N4/c1-16-13-24-15-25(16)14-21-10-19(12-23)7-9-20(21)8-6-17-2-4-18(11-22)5-3-17/h2-10,13,15H,14H2,1H3. The van der Waals surface area contributed by atoms with Gasteiger partial charge in [0.15, 0.2) is 0 Å². The van der Waals surface area contributed by atoms with Crippen LogP contribution in [0.5, 0.6) is 0 Å². The summed E-state index contributed by atoms with van der Waals surface area (Å²) in [5, 5.41) is 18.0. The molecule has 0 atom stereocenters. The monoisotopic (exact) mass is 324 g/mol. The molecule has 0 bridgehead atoms. The highest BCUT2D eigenvalue weighted by atomic mass is 15.0. The van der Waals surface area contributed by atoms with Crippen LogP contribution in [-0.2, 0) is 6.54 Å². The smallest absolute Gasteiger partial charge is 0.0991 e. The maximum atomic E-state index is 9.18. The van der Waals surface area contributed by atoms with Crippen LogP contribution in [0, 0.1) is 29.6 Å². The molecule has 0 unspecified atom stereocenters. The molecule has 4 nitrogen and oxygen atoms in total. The maximum absolute atomic E-state index is 9.18. The molecular formula is C21H16N4. The quantitative estimate of drug-likeness (QED) is 0.677. The fourth-order valence-electron chi connectivity index (χ4n) is 2.57. The molecule has 4 heteroatoms. The molecule has 0 aliphatic heterocycles. The lowest BCUT2D eigenvalue weighted by atomic mass is 10.0. The van der Waals surface area contributed by atoms with Crippen molar-refractivity contribution in [3.05, 3.63) is 88.5 Å². The van der Waals surface area contributed by atoms with Crippen LogP contribution in [0.4, 0.5) is 0 Å². The highest BCUT2D eigenvalue weighted by Gasteiger charge is 2.05. The molecule has 0 fully saturated rings. The summed E-state index contributed by atoms with van der Waals surface area (Å²) in [6.45, 7) is 2.67. The van der Waals surface area contributed by atoms with Crippen molar-refractivity contribution in [1.82, 2.24) is 9.55 Å². The molecule has 0 N–H and O–H groups in total. The van der Waals surface area contributed by atoms with Gasteiger partial charge in [-0.1, -0.05) is 30.4 Å². The van der Waals surface area contributed by atoms with Gasteiger partial charge in [0.2, 0.25) is 0 Å². The number of nitrogens with zero attached hydrogens (tertiary/aromatic N) is 4. The van der Waals surface area contributed by atoms with Crippen LogP contribution in [0.3, 0.4) is 0 Å². The van der Waals surface area contributed by atoms with E-state index in [0.717, 1.165) is 22.4 Å². The third-order valence-corrected chi connectivity index (χ3v) is 4.03. The first-order chi connectivity index (χ1) is 12.2. The van der Waals surface area contributed by atoms with E-state index in [4.69, 9.17) is 5.26 Å². The SMILES string of the molecule is Cc1cncn1Cc1cc(C#N)ccc1C=Cc1ccc(C#N)cc1. The van der Waals surface area contributed by atoms with Gasteiger partial charge in [0.1, 0.15) is 0 Å². The number of nitriles is 2. The fraction of sp³-hybridized carbons (Fsp3) is 0.0952. The first kappa shape index (κ1) is 16.2. The Morgan fingerprint density at radius 1 is 1.00 bits per heavy atom. The maximum Gasteiger partial charge on any atom is 0.0991 e. The zero-order chi connectivity index (χ0) is 17.6. The van der Waals surface area contributed by atoms with E-state index in [2.05, 4.69) is 21.7 Å². The Kier molecular flexibility index (Phi) is 4.74. The van der Waals surface area contributed by atoms with Crippen molar-refractivity contribution >= 4 is 12.2 Å². The van der Waals surface area contributed by atoms with Crippen molar-refractivity contribution in [2.45, 2.75) is 13.5 Å². The summed E-state index contributed by atoms with van der Waals surface area (Å²) in [5.41, 5.74) is 5.49. The predicted octanol–water partition coefficient (Wildman–Crippen LogP) is 4.15.